The van der Waals surface area contributed by atoms with Crippen LogP contribution in [0.4, 0.5) is 5.95 Å². The van der Waals surface area contributed by atoms with Crippen molar-refractivity contribution >= 4 is 33.9 Å². The van der Waals surface area contributed by atoms with Crippen LogP contribution < -0.4 is 10.9 Å². The van der Waals surface area contributed by atoms with E-state index in [1.807, 2.05) is 34.9 Å². The van der Waals surface area contributed by atoms with Gasteiger partial charge in [0.25, 0.3) is 11.5 Å². The van der Waals surface area contributed by atoms with Crippen molar-refractivity contribution in [1.82, 2.24) is 24.5 Å². The minimum absolute atomic E-state index is 0.00177. The van der Waals surface area contributed by atoms with Crippen molar-refractivity contribution in [3.8, 4) is 11.1 Å². The molecule has 0 aliphatic rings. The first-order valence-corrected chi connectivity index (χ1v) is 10.9. The second-order valence-corrected chi connectivity index (χ2v) is 7.94. The van der Waals surface area contributed by atoms with Gasteiger partial charge < -0.3 is 14.7 Å². The first kappa shape index (κ1) is 21.5. The van der Waals surface area contributed by atoms with E-state index in [2.05, 4.69) is 25.3 Å². The van der Waals surface area contributed by atoms with Crippen molar-refractivity contribution in [2.24, 2.45) is 0 Å². The van der Waals surface area contributed by atoms with E-state index < -0.39 is 0 Å². The molecule has 0 aliphatic carbocycles. The lowest BCUT2D eigenvalue weighted by Gasteiger charge is -2.10. The van der Waals surface area contributed by atoms with E-state index in [0.717, 1.165) is 16.6 Å². The van der Waals surface area contributed by atoms with Crippen molar-refractivity contribution in [2.75, 3.05) is 11.9 Å². The molecule has 0 saturated carbocycles. The normalized spacial score (nSPS) is 11.2. The zero-order valence-electron chi connectivity index (χ0n) is 18.4. The molecule has 5 rings (SSSR count). The molecule has 0 aliphatic heterocycles. The molecule has 3 heterocycles. The number of pyridine rings is 1. The average Bonchev–Trinajstić information content (AvgIpc) is 3.18. The number of imidazole rings is 1. The van der Waals surface area contributed by atoms with Gasteiger partial charge in [-0.05, 0) is 60.9 Å². The molecule has 3 N–H and O–H groups in total. The van der Waals surface area contributed by atoms with E-state index in [9.17, 15) is 14.7 Å². The Balaban J connectivity index is 1.50. The highest BCUT2D eigenvalue weighted by Gasteiger charge is 2.16. The Morgan fingerprint density at radius 3 is 2.50 bits per heavy atom. The number of rotatable bonds is 6. The molecule has 0 spiro atoms. The lowest BCUT2D eigenvalue weighted by Crippen LogP contribution is -2.16. The smallest absolute Gasteiger partial charge is 0.269 e. The third-order valence-electron chi connectivity index (χ3n) is 5.66. The number of fused-ring (bicyclic) bond motifs is 2. The van der Waals surface area contributed by atoms with Gasteiger partial charge in [-0.25, -0.2) is 9.97 Å². The molecule has 3 aromatic heterocycles. The molecule has 0 unspecified atom stereocenters. The van der Waals surface area contributed by atoms with Gasteiger partial charge in [-0.2, -0.15) is 0 Å². The standard InChI is InChI=1S/C25H22N6O3/c1-15-23(33)28-19-13-21-22(14-20(19)27-15)31(11-2-12-32)25(29-21)30-24(34)18-5-3-16(4-6-18)17-7-9-26-10-8-17/h3-10,13-14,32H,2,11-12H2,1H3,(H,28,33)(H,29,30,34). The molecule has 0 bridgehead atoms. The molecule has 1 amide bonds. The molecule has 5 aromatic rings. The van der Waals surface area contributed by atoms with Gasteiger partial charge in [0.05, 0.1) is 22.1 Å². The van der Waals surface area contributed by atoms with Crippen LogP contribution in [0, 0.1) is 6.92 Å². The van der Waals surface area contributed by atoms with E-state index >= 15 is 0 Å². The number of hydrogen-bond donors (Lipinski definition) is 3. The second-order valence-electron chi connectivity index (χ2n) is 7.94. The van der Waals surface area contributed by atoms with Crippen LogP contribution in [0.3, 0.4) is 0 Å². The monoisotopic (exact) mass is 454 g/mol. The van der Waals surface area contributed by atoms with E-state index in [1.54, 1.807) is 37.5 Å². The van der Waals surface area contributed by atoms with Crippen molar-refractivity contribution in [3.63, 3.8) is 0 Å². The second kappa shape index (κ2) is 8.87. The van der Waals surface area contributed by atoms with Gasteiger partial charge in [0.15, 0.2) is 0 Å². The van der Waals surface area contributed by atoms with Crippen LogP contribution in [0.15, 0.2) is 65.7 Å². The fourth-order valence-corrected chi connectivity index (χ4v) is 3.88. The molecular formula is C25H22N6O3. The van der Waals surface area contributed by atoms with Crippen LogP contribution in [-0.2, 0) is 6.54 Å². The predicted octanol–water partition coefficient (Wildman–Crippen LogP) is 3.28. The lowest BCUT2D eigenvalue weighted by atomic mass is 10.1. The number of carbonyl (C=O) groups is 1. The fraction of sp³-hybridized carbons (Fsp3) is 0.160. The van der Waals surface area contributed by atoms with Gasteiger partial charge >= 0.3 is 0 Å². The summed E-state index contributed by atoms with van der Waals surface area (Å²) in [6, 6.07) is 14.7. The number of H-pyrrole nitrogens is 1. The summed E-state index contributed by atoms with van der Waals surface area (Å²) >= 11 is 0. The zero-order chi connectivity index (χ0) is 23.7. The molecule has 0 fully saturated rings. The maximum atomic E-state index is 13.0. The van der Waals surface area contributed by atoms with Crippen molar-refractivity contribution in [1.29, 1.82) is 0 Å². The van der Waals surface area contributed by atoms with Crippen molar-refractivity contribution in [3.05, 3.63) is 82.5 Å². The Kier molecular flexibility index (Phi) is 5.60. The zero-order valence-corrected chi connectivity index (χ0v) is 18.4. The van der Waals surface area contributed by atoms with Gasteiger partial charge in [-0.15, -0.1) is 0 Å². The van der Waals surface area contributed by atoms with Crippen molar-refractivity contribution < 1.29 is 9.90 Å². The topological polar surface area (TPSA) is 126 Å². The van der Waals surface area contributed by atoms with E-state index in [4.69, 9.17) is 0 Å². The maximum Gasteiger partial charge on any atom is 0.269 e. The summed E-state index contributed by atoms with van der Waals surface area (Å²) in [6.45, 7) is 2.11. The molecule has 0 atom stereocenters. The number of anilines is 1. The lowest BCUT2D eigenvalue weighted by molar-refractivity contribution is 0.102. The van der Waals surface area contributed by atoms with Crippen LogP contribution in [-0.4, -0.2) is 42.1 Å². The Labute approximate surface area is 194 Å². The van der Waals surface area contributed by atoms with E-state index in [1.165, 1.54) is 0 Å². The number of amides is 1. The minimum atomic E-state index is -0.297. The highest BCUT2D eigenvalue weighted by Crippen LogP contribution is 2.25. The Bertz CT molecular complexity index is 1560. The molecule has 9 heteroatoms. The highest BCUT2D eigenvalue weighted by molar-refractivity contribution is 6.04. The first-order chi connectivity index (χ1) is 16.5. The summed E-state index contributed by atoms with van der Waals surface area (Å²) in [7, 11) is 0. The quantitative estimate of drug-likeness (QED) is 0.362. The summed E-state index contributed by atoms with van der Waals surface area (Å²) in [6.07, 6.45) is 3.94. The minimum Gasteiger partial charge on any atom is -0.396 e. The third-order valence-corrected chi connectivity index (χ3v) is 5.66. The number of aryl methyl sites for hydroxylation is 2. The van der Waals surface area contributed by atoms with Crippen molar-refractivity contribution in [2.45, 2.75) is 19.9 Å². The van der Waals surface area contributed by atoms with Crippen LogP contribution in [0.1, 0.15) is 22.5 Å². The molecule has 9 nitrogen and oxygen atoms in total. The number of carbonyl (C=O) groups excluding carboxylic acids is 1. The molecule has 2 aromatic carbocycles. The number of nitrogens with one attached hydrogen (secondary N) is 2. The SMILES string of the molecule is Cc1nc2cc3c(cc2[nH]c1=O)nc(NC(=O)c1ccc(-c2ccncc2)cc1)n3CCCO. The molecule has 0 saturated heterocycles. The van der Waals surface area contributed by atoms with Gasteiger partial charge in [0.2, 0.25) is 5.95 Å². The maximum absolute atomic E-state index is 13.0. The summed E-state index contributed by atoms with van der Waals surface area (Å²) in [5, 5.41) is 12.3. The van der Waals surface area contributed by atoms with Gasteiger partial charge in [-0.1, -0.05) is 12.1 Å². The first-order valence-electron chi connectivity index (χ1n) is 10.9. The van der Waals surface area contributed by atoms with Gasteiger partial charge in [0, 0.05) is 31.1 Å². The van der Waals surface area contributed by atoms with Crippen LogP contribution in [0.2, 0.25) is 0 Å². The Morgan fingerprint density at radius 1 is 1.03 bits per heavy atom. The fourth-order valence-electron chi connectivity index (χ4n) is 3.88. The number of hydrogen-bond acceptors (Lipinski definition) is 6. The van der Waals surface area contributed by atoms with E-state index in [-0.39, 0.29) is 18.1 Å². The molecule has 34 heavy (non-hydrogen) atoms. The van der Waals surface area contributed by atoms with Crippen LogP contribution >= 0.6 is 0 Å². The number of aromatic nitrogens is 5. The number of aliphatic hydroxyl groups excluding tert-OH is 1. The number of aliphatic hydroxyl groups is 1. The van der Waals surface area contributed by atoms with Crippen LogP contribution in [0.25, 0.3) is 33.2 Å². The number of benzene rings is 2. The van der Waals surface area contributed by atoms with Crippen LogP contribution in [0.5, 0.6) is 0 Å². The summed E-state index contributed by atoms with van der Waals surface area (Å²) in [5.74, 6) is 0.0646. The molecule has 170 valence electrons. The van der Waals surface area contributed by atoms with E-state index in [0.29, 0.717) is 46.7 Å². The largest absolute Gasteiger partial charge is 0.396 e. The molecule has 0 radical (unpaired) electrons. The third kappa shape index (κ3) is 4.04. The molecular weight excluding hydrogens is 432 g/mol. The Morgan fingerprint density at radius 2 is 1.76 bits per heavy atom. The number of nitrogens with zero attached hydrogens (tertiary/aromatic N) is 4. The number of aromatic amines is 1. The highest BCUT2D eigenvalue weighted by atomic mass is 16.3. The van der Waals surface area contributed by atoms with Gasteiger partial charge in [0.1, 0.15) is 5.69 Å². The van der Waals surface area contributed by atoms with Gasteiger partial charge in [-0.3, -0.25) is 19.9 Å². The summed E-state index contributed by atoms with van der Waals surface area (Å²) in [5.41, 5.74) is 5.16. The Hall–Kier alpha value is -4.37. The average molecular weight is 454 g/mol. The summed E-state index contributed by atoms with van der Waals surface area (Å²) < 4.78 is 1.84. The summed E-state index contributed by atoms with van der Waals surface area (Å²) in [4.78, 5) is 40.8. The predicted molar refractivity (Wildman–Crippen MR) is 130 cm³/mol.